The molecule has 0 saturated heterocycles. The highest BCUT2D eigenvalue weighted by Gasteiger charge is 2.24. The maximum Gasteiger partial charge on any atom is 0.263 e. The van der Waals surface area contributed by atoms with Crippen LogP contribution in [0.2, 0.25) is 10.2 Å². The van der Waals surface area contributed by atoms with E-state index in [0.29, 0.717) is 17.2 Å². The van der Waals surface area contributed by atoms with Crippen LogP contribution in [0.15, 0.2) is 47.6 Å². The first-order valence-electron chi connectivity index (χ1n) is 8.32. The maximum absolute atomic E-state index is 12.9. The van der Waals surface area contributed by atoms with E-state index in [2.05, 4.69) is 14.7 Å². The minimum Gasteiger partial charge on any atom is -0.497 e. The monoisotopic (exact) mass is 469 g/mol. The Kier molecular flexibility index (Phi) is 5.46. The Hall–Kier alpha value is -2.95. The smallest absolute Gasteiger partial charge is 0.263 e. The second kappa shape index (κ2) is 8.05. The van der Waals surface area contributed by atoms with Gasteiger partial charge in [-0.15, -0.1) is 0 Å². The summed E-state index contributed by atoms with van der Waals surface area (Å²) in [6.07, 6.45) is 1.10. The van der Waals surface area contributed by atoms with E-state index in [-0.39, 0.29) is 39.2 Å². The number of nitrogens with zero attached hydrogens (tertiary/aromatic N) is 2. The van der Waals surface area contributed by atoms with Gasteiger partial charge >= 0.3 is 0 Å². The van der Waals surface area contributed by atoms with Crippen LogP contribution in [0.1, 0.15) is 0 Å². The van der Waals surface area contributed by atoms with E-state index in [4.69, 9.17) is 42.1 Å². The lowest BCUT2D eigenvalue weighted by Crippen LogP contribution is -2.15. The fourth-order valence-corrected chi connectivity index (χ4v) is 3.90. The summed E-state index contributed by atoms with van der Waals surface area (Å²) < 4.78 is 49.4. The third-order valence-corrected chi connectivity index (χ3v) is 5.91. The zero-order valence-electron chi connectivity index (χ0n) is 15.3. The molecule has 4 rings (SSSR count). The van der Waals surface area contributed by atoms with Crippen LogP contribution in [-0.4, -0.2) is 32.3 Å². The number of hydrogen-bond acceptors (Lipinski definition) is 8. The topological polar surface area (TPSA) is 109 Å². The van der Waals surface area contributed by atoms with Gasteiger partial charge < -0.3 is 18.9 Å². The number of nitrogens with one attached hydrogen (secondary N) is 1. The highest BCUT2D eigenvalue weighted by Crippen LogP contribution is 2.39. The first kappa shape index (κ1) is 20.3. The summed E-state index contributed by atoms with van der Waals surface area (Å²) in [6, 6.07) is 8.93. The molecule has 12 heteroatoms. The molecule has 30 heavy (non-hydrogen) atoms. The molecule has 0 unspecified atom stereocenters. The van der Waals surface area contributed by atoms with Gasteiger partial charge in [0, 0.05) is 12.1 Å². The van der Waals surface area contributed by atoms with E-state index in [1.807, 2.05) is 0 Å². The van der Waals surface area contributed by atoms with Crippen molar-refractivity contribution in [3.8, 4) is 28.7 Å². The van der Waals surface area contributed by atoms with Crippen molar-refractivity contribution in [1.82, 2.24) is 9.97 Å². The van der Waals surface area contributed by atoms with Gasteiger partial charge in [0.1, 0.15) is 17.8 Å². The number of sulfonamides is 1. The molecular weight excluding hydrogens is 457 g/mol. The summed E-state index contributed by atoms with van der Waals surface area (Å²) >= 11 is 12.3. The number of anilines is 1. The maximum atomic E-state index is 12.9. The molecule has 1 aromatic heterocycles. The number of hydrogen-bond donors (Lipinski definition) is 1. The SMILES string of the molecule is COc1ccc(Cl)c(Oc2c(Cl)ncnc2NS(=O)(=O)c2ccc3c(c2)OCO3)c1. The molecule has 2 heterocycles. The first-order chi connectivity index (χ1) is 14.4. The highest BCUT2D eigenvalue weighted by atomic mass is 35.5. The number of ether oxygens (including phenoxy) is 4. The zero-order chi connectivity index (χ0) is 21.3. The summed E-state index contributed by atoms with van der Waals surface area (Å²) in [6.45, 7) is 0.0209. The Morgan fingerprint density at radius 2 is 1.87 bits per heavy atom. The van der Waals surface area contributed by atoms with E-state index >= 15 is 0 Å². The van der Waals surface area contributed by atoms with Crippen LogP contribution in [0.5, 0.6) is 28.7 Å². The van der Waals surface area contributed by atoms with Gasteiger partial charge in [-0.2, -0.15) is 0 Å². The van der Waals surface area contributed by atoms with Gasteiger partial charge in [-0.25, -0.2) is 18.4 Å². The summed E-state index contributed by atoms with van der Waals surface area (Å²) in [5, 5.41) is 0.132. The second-order valence-electron chi connectivity index (χ2n) is 5.86. The van der Waals surface area contributed by atoms with Gasteiger partial charge in [0.2, 0.25) is 12.5 Å². The molecule has 3 aromatic rings. The van der Waals surface area contributed by atoms with Crippen molar-refractivity contribution in [2.75, 3.05) is 18.6 Å². The molecule has 0 aliphatic carbocycles. The minimum atomic E-state index is -4.06. The number of benzene rings is 2. The number of aromatic nitrogens is 2. The summed E-state index contributed by atoms with van der Waals surface area (Å²) in [5.74, 6) is 1.13. The van der Waals surface area contributed by atoms with Crippen molar-refractivity contribution in [3.05, 3.63) is 52.9 Å². The molecule has 1 N–H and O–H groups in total. The Labute approximate surface area is 181 Å². The van der Waals surface area contributed by atoms with Crippen molar-refractivity contribution in [2.24, 2.45) is 0 Å². The molecule has 0 atom stereocenters. The largest absolute Gasteiger partial charge is 0.497 e. The van der Waals surface area contributed by atoms with Gasteiger partial charge in [0.05, 0.1) is 17.0 Å². The predicted molar refractivity (Wildman–Crippen MR) is 108 cm³/mol. The van der Waals surface area contributed by atoms with Gasteiger partial charge in [0.25, 0.3) is 10.0 Å². The van der Waals surface area contributed by atoms with Crippen molar-refractivity contribution in [1.29, 1.82) is 0 Å². The average molecular weight is 470 g/mol. The van der Waals surface area contributed by atoms with Gasteiger partial charge in [0.15, 0.2) is 22.5 Å². The van der Waals surface area contributed by atoms with Gasteiger partial charge in [-0.05, 0) is 24.3 Å². The first-order valence-corrected chi connectivity index (χ1v) is 10.6. The van der Waals surface area contributed by atoms with Crippen LogP contribution in [0, 0.1) is 0 Å². The molecule has 0 radical (unpaired) electrons. The van der Waals surface area contributed by atoms with E-state index in [9.17, 15) is 8.42 Å². The Morgan fingerprint density at radius 3 is 2.67 bits per heavy atom. The molecule has 0 bridgehead atoms. The third kappa shape index (κ3) is 4.02. The lowest BCUT2D eigenvalue weighted by atomic mass is 10.3. The van der Waals surface area contributed by atoms with Crippen LogP contribution < -0.4 is 23.7 Å². The van der Waals surface area contributed by atoms with E-state index in [1.54, 1.807) is 12.1 Å². The van der Waals surface area contributed by atoms with Crippen LogP contribution in [0.3, 0.4) is 0 Å². The average Bonchev–Trinajstić information content (AvgIpc) is 3.19. The fourth-order valence-electron chi connectivity index (χ4n) is 2.54. The molecule has 0 saturated carbocycles. The molecule has 0 spiro atoms. The molecule has 9 nitrogen and oxygen atoms in total. The van der Waals surface area contributed by atoms with Crippen molar-refractivity contribution in [3.63, 3.8) is 0 Å². The summed E-state index contributed by atoms with van der Waals surface area (Å²) in [5.41, 5.74) is 0. The van der Waals surface area contributed by atoms with Crippen LogP contribution in [0.25, 0.3) is 0 Å². The predicted octanol–water partition coefficient (Wildman–Crippen LogP) is 4.11. The fraction of sp³-hybridized carbons (Fsp3) is 0.111. The quantitative estimate of drug-likeness (QED) is 0.537. The molecule has 1 aliphatic rings. The van der Waals surface area contributed by atoms with Crippen molar-refractivity contribution < 1.29 is 27.4 Å². The second-order valence-corrected chi connectivity index (χ2v) is 8.31. The normalized spacial score (nSPS) is 12.5. The van der Waals surface area contributed by atoms with E-state index in [0.717, 1.165) is 6.33 Å². The van der Waals surface area contributed by atoms with Crippen LogP contribution >= 0.6 is 23.2 Å². The van der Waals surface area contributed by atoms with Gasteiger partial charge in [-0.1, -0.05) is 23.2 Å². The number of fused-ring (bicyclic) bond motifs is 1. The Balaban J connectivity index is 1.68. The Morgan fingerprint density at radius 1 is 1.07 bits per heavy atom. The van der Waals surface area contributed by atoms with Gasteiger partial charge in [-0.3, -0.25) is 4.72 Å². The number of halogens is 2. The standard InChI is InChI=1S/C18H13Cl2N3O6S/c1-26-10-2-4-12(19)14(6-10)29-16-17(20)21-8-22-18(16)23-30(24,25)11-3-5-13-15(7-11)28-9-27-13/h2-8H,9H2,1H3,(H,21,22,23). The van der Waals surface area contributed by atoms with Crippen molar-refractivity contribution >= 4 is 39.0 Å². The molecule has 156 valence electrons. The molecule has 0 fully saturated rings. The molecular formula is C18H13Cl2N3O6S. The minimum absolute atomic E-state index is 0.0209. The Bertz CT molecular complexity index is 1220. The van der Waals surface area contributed by atoms with E-state index < -0.39 is 10.0 Å². The van der Waals surface area contributed by atoms with E-state index in [1.165, 1.54) is 31.4 Å². The summed E-state index contributed by atoms with van der Waals surface area (Å²) in [4.78, 5) is 7.73. The lowest BCUT2D eigenvalue weighted by Gasteiger charge is -2.14. The molecule has 2 aromatic carbocycles. The van der Waals surface area contributed by atoms with Crippen LogP contribution in [-0.2, 0) is 10.0 Å². The number of rotatable bonds is 6. The zero-order valence-corrected chi connectivity index (χ0v) is 17.6. The number of methoxy groups -OCH3 is 1. The van der Waals surface area contributed by atoms with Crippen LogP contribution in [0.4, 0.5) is 5.82 Å². The molecule has 1 aliphatic heterocycles. The highest BCUT2D eigenvalue weighted by molar-refractivity contribution is 7.92. The van der Waals surface area contributed by atoms with Crippen molar-refractivity contribution in [2.45, 2.75) is 4.90 Å². The lowest BCUT2D eigenvalue weighted by molar-refractivity contribution is 0.174. The third-order valence-electron chi connectivity index (χ3n) is 4.00. The summed E-state index contributed by atoms with van der Waals surface area (Å²) in [7, 11) is -2.58. The molecule has 0 amide bonds.